The van der Waals surface area contributed by atoms with Crippen LogP contribution in [0.15, 0.2) is 30.3 Å². The van der Waals surface area contributed by atoms with E-state index in [1.165, 1.54) is 0 Å². The van der Waals surface area contributed by atoms with Crippen LogP contribution in [0.4, 0.5) is 0 Å². The monoisotopic (exact) mass is 252 g/mol. The molecule has 17 heavy (non-hydrogen) atoms. The number of amides is 1. The third-order valence-corrected chi connectivity index (χ3v) is 3.55. The molecule has 0 saturated carbocycles. The number of nitrogens with one attached hydrogen (secondary N) is 1. The van der Waals surface area contributed by atoms with E-state index in [-0.39, 0.29) is 11.9 Å². The first kappa shape index (κ1) is 14.1. The van der Waals surface area contributed by atoms with Gasteiger partial charge in [0.05, 0.1) is 0 Å². The molecule has 1 aromatic rings. The maximum atomic E-state index is 11.9. The molecule has 1 amide bonds. The zero-order valence-electron chi connectivity index (χ0n) is 10.3. The minimum Gasteiger partial charge on any atom is -0.351 e. The predicted octanol–water partition coefficient (Wildman–Crippen LogP) is 1.94. The molecule has 2 unspecified atom stereocenters. The van der Waals surface area contributed by atoms with Gasteiger partial charge in [0.1, 0.15) is 6.04 Å². The van der Waals surface area contributed by atoms with Gasteiger partial charge in [-0.05, 0) is 18.2 Å². The van der Waals surface area contributed by atoms with Crippen molar-refractivity contribution >= 4 is 17.7 Å². The van der Waals surface area contributed by atoms with Gasteiger partial charge < -0.3 is 11.1 Å². The van der Waals surface area contributed by atoms with E-state index in [1.54, 1.807) is 0 Å². The molecule has 1 aromatic carbocycles. The highest BCUT2D eigenvalue weighted by molar-refractivity contribution is 7.99. The van der Waals surface area contributed by atoms with Crippen LogP contribution >= 0.6 is 11.8 Å². The summed E-state index contributed by atoms with van der Waals surface area (Å²) in [7, 11) is 0. The summed E-state index contributed by atoms with van der Waals surface area (Å²) < 4.78 is 0. The van der Waals surface area contributed by atoms with Gasteiger partial charge >= 0.3 is 0 Å². The number of hydrogen-bond donors (Lipinski definition) is 2. The summed E-state index contributed by atoms with van der Waals surface area (Å²) in [4.78, 5) is 11.9. The van der Waals surface area contributed by atoms with E-state index in [0.717, 1.165) is 17.1 Å². The van der Waals surface area contributed by atoms with Crippen LogP contribution in [0.3, 0.4) is 0 Å². The number of rotatable bonds is 6. The lowest BCUT2D eigenvalue weighted by molar-refractivity contribution is -0.122. The molecule has 1 rings (SSSR count). The van der Waals surface area contributed by atoms with Gasteiger partial charge in [-0.1, -0.05) is 37.3 Å². The van der Waals surface area contributed by atoms with Crippen molar-refractivity contribution in [2.45, 2.75) is 25.9 Å². The number of carbonyl (C=O) groups is 1. The fourth-order valence-electron chi connectivity index (χ4n) is 1.48. The second kappa shape index (κ2) is 7.35. The zero-order valence-corrected chi connectivity index (χ0v) is 11.2. The van der Waals surface area contributed by atoms with Gasteiger partial charge in [-0.2, -0.15) is 11.8 Å². The van der Waals surface area contributed by atoms with Crippen LogP contribution in [0.5, 0.6) is 0 Å². The van der Waals surface area contributed by atoms with Gasteiger partial charge in [0.15, 0.2) is 0 Å². The Hall–Kier alpha value is -1.00. The lowest BCUT2D eigenvalue weighted by Crippen LogP contribution is -2.40. The van der Waals surface area contributed by atoms with E-state index in [1.807, 2.05) is 49.0 Å². The van der Waals surface area contributed by atoms with E-state index in [4.69, 9.17) is 5.73 Å². The second-order valence-corrected chi connectivity index (χ2v) is 5.28. The highest BCUT2D eigenvalue weighted by Crippen LogP contribution is 2.10. The summed E-state index contributed by atoms with van der Waals surface area (Å²) in [5, 5.41) is 2.93. The molecule has 3 nitrogen and oxygen atoms in total. The Kier molecular flexibility index (Phi) is 6.08. The molecule has 0 fully saturated rings. The first-order valence-electron chi connectivity index (χ1n) is 5.83. The third-order valence-electron chi connectivity index (χ3n) is 2.40. The first-order valence-corrected chi connectivity index (χ1v) is 6.99. The molecule has 0 aromatic heterocycles. The number of hydrogen-bond acceptors (Lipinski definition) is 3. The van der Waals surface area contributed by atoms with Crippen molar-refractivity contribution in [2.24, 2.45) is 5.73 Å². The molecule has 0 spiro atoms. The molecular weight excluding hydrogens is 232 g/mol. The van der Waals surface area contributed by atoms with Crippen molar-refractivity contribution in [3.63, 3.8) is 0 Å². The van der Waals surface area contributed by atoms with Crippen molar-refractivity contribution in [1.82, 2.24) is 5.32 Å². The van der Waals surface area contributed by atoms with Crippen molar-refractivity contribution in [3.05, 3.63) is 35.9 Å². The van der Waals surface area contributed by atoms with Gasteiger partial charge in [0.25, 0.3) is 0 Å². The van der Waals surface area contributed by atoms with Gasteiger partial charge in [-0.15, -0.1) is 0 Å². The summed E-state index contributed by atoms with van der Waals surface area (Å²) in [6.07, 6.45) is 0. The lowest BCUT2D eigenvalue weighted by atomic mass is 10.1. The summed E-state index contributed by atoms with van der Waals surface area (Å²) in [6, 6.07) is 9.00. The number of benzene rings is 1. The zero-order chi connectivity index (χ0) is 12.7. The minimum atomic E-state index is -0.578. The molecule has 0 saturated heterocycles. The van der Waals surface area contributed by atoms with Crippen LogP contribution in [0.25, 0.3) is 0 Å². The Bertz CT molecular complexity index is 343. The van der Waals surface area contributed by atoms with E-state index in [9.17, 15) is 4.79 Å². The molecular formula is C13H20N2OS. The molecule has 0 aliphatic carbocycles. The van der Waals surface area contributed by atoms with Gasteiger partial charge in [0, 0.05) is 11.8 Å². The van der Waals surface area contributed by atoms with Gasteiger partial charge in [-0.25, -0.2) is 0 Å². The molecule has 4 heteroatoms. The Morgan fingerprint density at radius 3 is 2.65 bits per heavy atom. The molecule has 0 aliphatic rings. The standard InChI is InChI=1S/C13H20N2OS/c1-3-17-9-10(2)15-13(16)12(14)11-7-5-4-6-8-11/h4-8,10,12H,3,9,14H2,1-2H3,(H,15,16). The van der Waals surface area contributed by atoms with Gasteiger partial charge in [0.2, 0.25) is 5.91 Å². The summed E-state index contributed by atoms with van der Waals surface area (Å²) in [5.41, 5.74) is 6.74. The number of thioether (sulfide) groups is 1. The summed E-state index contributed by atoms with van der Waals surface area (Å²) >= 11 is 1.81. The molecule has 0 heterocycles. The van der Waals surface area contributed by atoms with Crippen LogP contribution in [0.1, 0.15) is 25.5 Å². The van der Waals surface area contributed by atoms with Crippen LogP contribution in [0.2, 0.25) is 0 Å². The van der Waals surface area contributed by atoms with E-state index in [2.05, 4.69) is 12.2 Å². The van der Waals surface area contributed by atoms with Gasteiger partial charge in [-0.3, -0.25) is 4.79 Å². The van der Waals surface area contributed by atoms with E-state index >= 15 is 0 Å². The van der Waals surface area contributed by atoms with Crippen molar-refractivity contribution in [1.29, 1.82) is 0 Å². The Balaban J connectivity index is 2.47. The Morgan fingerprint density at radius 2 is 2.06 bits per heavy atom. The Morgan fingerprint density at radius 1 is 1.41 bits per heavy atom. The van der Waals surface area contributed by atoms with Crippen LogP contribution in [-0.4, -0.2) is 23.5 Å². The topological polar surface area (TPSA) is 55.1 Å². The molecule has 0 bridgehead atoms. The fourth-order valence-corrected chi connectivity index (χ4v) is 2.15. The van der Waals surface area contributed by atoms with Crippen molar-refractivity contribution in [3.8, 4) is 0 Å². The van der Waals surface area contributed by atoms with E-state index < -0.39 is 6.04 Å². The first-order chi connectivity index (χ1) is 8.15. The largest absolute Gasteiger partial charge is 0.351 e. The number of carbonyl (C=O) groups excluding carboxylic acids is 1. The lowest BCUT2D eigenvalue weighted by Gasteiger charge is -2.17. The van der Waals surface area contributed by atoms with Crippen LogP contribution in [-0.2, 0) is 4.79 Å². The molecule has 94 valence electrons. The van der Waals surface area contributed by atoms with Crippen LogP contribution in [0, 0.1) is 0 Å². The van der Waals surface area contributed by atoms with Crippen molar-refractivity contribution < 1.29 is 4.79 Å². The third kappa shape index (κ3) is 4.79. The maximum Gasteiger partial charge on any atom is 0.241 e. The smallest absolute Gasteiger partial charge is 0.241 e. The maximum absolute atomic E-state index is 11.9. The molecule has 0 aliphatic heterocycles. The quantitative estimate of drug-likeness (QED) is 0.813. The average Bonchev–Trinajstić information content (AvgIpc) is 2.36. The SMILES string of the molecule is CCSCC(C)NC(=O)C(N)c1ccccc1. The van der Waals surface area contributed by atoms with Crippen molar-refractivity contribution in [2.75, 3.05) is 11.5 Å². The second-order valence-electron chi connectivity index (χ2n) is 3.96. The number of nitrogens with two attached hydrogens (primary N) is 1. The highest BCUT2D eigenvalue weighted by Gasteiger charge is 2.16. The minimum absolute atomic E-state index is 0.111. The highest BCUT2D eigenvalue weighted by atomic mass is 32.2. The summed E-state index contributed by atoms with van der Waals surface area (Å²) in [5.74, 6) is 1.87. The van der Waals surface area contributed by atoms with Crippen LogP contribution < -0.4 is 11.1 Å². The Labute approximate surface area is 107 Å². The molecule has 0 radical (unpaired) electrons. The average molecular weight is 252 g/mol. The normalized spacial score (nSPS) is 14.1. The summed E-state index contributed by atoms with van der Waals surface area (Å²) in [6.45, 7) is 4.10. The fraction of sp³-hybridized carbons (Fsp3) is 0.462. The predicted molar refractivity (Wildman–Crippen MR) is 74.0 cm³/mol. The molecule has 3 N–H and O–H groups in total. The molecule has 2 atom stereocenters. The van der Waals surface area contributed by atoms with E-state index in [0.29, 0.717) is 0 Å².